The van der Waals surface area contributed by atoms with E-state index in [4.69, 9.17) is 4.74 Å². The van der Waals surface area contributed by atoms with Crippen LogP contribution in [0.2, 0.25) is 0 Å². The minimum Gasteiger partial charge on any atom is -0.507 e. The molecule has 96 valence electrons. The van der Waals surface area contributed by atoms with Gasteiger partial charge in [0.05, 0.1) is 5.56 Å². The summed E-state index contributed by atoms with van der Waals surface area (Å²) in [5.74, 6) is 0.227. The highest BCUT2D eigenvalue weighted by molar-refractivity contribution is 5.96. The van der Waals surface area contributed by atoms with E-state index in [-0.39, 0.29) is 22.9 Å². The van der Waals surface area contributed by atoms with Crippen molar-refractivity contribution in [1.82, 2.24) is 0 Å². The second kappa shape index (κ2) is 5.21. The van der Waals surface area contributed by atoms with Gasteiger partial charge in [-0.05, 0) is 38.3 Å². The number of benzene rings is 1. The number of phenols is 1. The van der Waals surface area contributed by atoms with Crippen molar-refractivity contribution in [2.75, 3.05) is 0 Å². The quantitative estimate of drug-likeness (QED) is 0.835. The third-order valence-electron chi connectivity index (χ3n) is 3.13. The molecule has 1 N–H and O–H groups in total. The van der Waals surface area contributed by atoms with Crippen molar-refractivity contribution >= 4 is 11.6 Å². The number of hydrogen-bond acceptors (Lipinski definition) is 4. The smallest absolute Gasteiger partial charge is 0.173 e. The Morgan fingerprint density at radius 2 is 2.17 bits per heavy atom. The predicted octanol–water partition coefficient (Wildman–Crippen LogP) is 2.49. The number of aromatic hydroxyl groups is 1. The summed E-state index contributed by atoms with van der Waals surface area (Å²) in [5.41, 5.74) is 0.261. The van der Waals surface area contributed by atoms with E-state index in [0.717, 1.165) is 12.8 Å². The highest BCUT2D eigenvalue weighted by atomic mass is 16.5. The Hall–Kier alpha value is -1.84. The molecule has 0 heterocycles. The monoisotopic (exact) mass is 248 g/mol. The molecule has 0 amide bonds. The van der Waals surface area contributed by atoms with E-state index in [9.17, 15) is 14.7 Å². The van der Waals surface area contributed by atoms with Gasteiger partial charge in [-0.25, -0.2) is 0 Å². The molecule has 0 bridgehead atoms. The minimum atomic E-state index is -0.415. The molecule has 0 aromatic heterocycles. The topological polar surface area (TPSA) is 63.6 Å². The van der Waals surface area contributed by atoms with Crippen molar-refractivity contribution in [1.29, 1.82) is 0 Å². The van der Waals surface area contributed by atoms with Crippen LogP contribution >= 0.6 is 0 Å². The number of Topliss-reactive ketones (excluding diaryl/α,β-unsaturated/α-hetero) is 2. The Labute approximate surface area is 106 Å². The van der Waals surface area contributed by atoms with Crippen molar-refractivity contribution in [2.24, 2.45) is 0 Å². The number of hydrogen-bond donors (Lipinski definition) is 1. The molecular weight excluding hydrogens is 232 g/mol. The van der Waals surface area contributed by atoms with E-state index in [0.29, 0.717) is 18.6 Å². The summed E-state index contributed by atoms with van der Waals surface area (Å²) in [4.78, 5) is 22.8. The molecule has 4 nitrogen and oxygen atoms in total. The zero-order valence-electron chi connectivity index (χ0n) is 10.3. The molecule has 18 heavy (non-hydrogen) atoms. The highest BCUT2D eigenvalue weighted by Gasteiger charge is 2.24. The van der Waals surface area contributed by atoms with Gasteiger partial charge >= 0.3 is 0 Å². The molecule has 1 atom stereocenters. The van der Waals surface area contributed by atoms with Crippen LogP contribution in [0.15, 0.2) is 18.2 Å². The van der Waals surface area contributed by atoms with Gasteiger partial charge in [0.15, 0.2) is 17.7 Å². The lowest BCUT2D eigenvalue weighted by Crippen LogP contribution is -2.30. The number of carbonyl (C=O) groups is 2. The SMILES string of the molecule is CC(=O)c1ccc(OC2CCCCC2=O)cc1O. The van der Waals surface area contributed by atoms with Gasteiger partial charge in [-0.15, -0.1) is 0 Å². The second-order valence-electron chi connectivity index (χ2n) is 4.55. The standard InChI is InChI=1S/C14H16O4/c1-9(15)11-7-6-10(8-13(11)17)18-14-5-3-2-4-12(14)16/h6-8,14,17H,2-5H2,1H3. The van der Waals surface area contributed by atoms with Crippen LogP contribution in [0.25, 0.3) is 0 Å². The maximum absolute atomic E-state index is 11.6. The molecule has 2 rings (SSSR count). The lowest BCUT2D eigenvalue weighted by molar-refractivity contribution is -0.127. The summed E-state index contributed by atoms with van der Waals surface area (Å²) in [5, 5.41) is 9.67. The molecule has 1 aliphatic rings. The fourth-order valence-corrected chi connectivity index (χ4v) is 2.12. The molecule has 1 fully saturated rings. The summed E-state index contributed by atoms with van der Waals surface area (Å²) in [7, 11) is 0. The van der Waals surface area contributed by atoms with Crippen LogP contribution in [0.3, 0.4) is 0 Å². The van der Waals surface area contributed by atoms with E-state index in [1.54, 1.807) is 6.07 Å². The van der Waals surface area contributed by atoms with E-state index in [1.165, 1.54) is 19.1 Å². The first kappa shape index (κ1) is 12.6. The molecule has 1 aromatic rings. The number of ether oxygens (including phenoxy) is 1. The fraction of sp³-hybridized carbons (Fsp3) is 0.429. The van der Waals surface area contributed by atoms with Gasteiger partial charge < -0.3 is 9.84 Å². The van der Waals surface area contributed by atoms with Gasteiger partial charge in [0.1, 0.15) is 11.5 Å². The molecule has 0 radical (unpaired) electrons. The lowest BCUT2D eigenvalue weighted by atomic mass is 9.96. The van der Waals surface area contributed by atoms with Crippen molar-refractivity contribution < 1.29 is 19.4 Å². The number of ketones is 2. The van der Waals surface area contributed by atoms with Crippen molar-refractivity contribution in [3.63, 3.8) is 0 Å². The average Bonchev–Trinajstić information content (AvgIpc) is 2.32. The average molecular weight is 248 g/mol. The van der Waals surface area contributed by atoms with Crippen LogP contribution in [0.1, 0.15) is 43.0 Å². The summed E-state index contributed by atoms with van der Waals surface area (Å²) >= 11 is 0. The van der Waals surface area contributed by atoms with Crippen molar-refractivity contribution in [2.45, 2.75) is 38.7 Å². The first-order valence-electron chi connectivity index (χ1n) is 6.11. The van der Waals surface area contributed by atoms with Crippen LogP contribution in [0.4, 0.5) is 0 Å². The molecular formula is C14H16O4. The maximum Gasteiger partial charge on any atom is 0.173 e. The van der Waals surface area contributed by atoms with E-state index >= 15 is 0 Å². The van der Waals surface area contributed by atoms with Crippen molar-refractivity contribution in [3.05, 3.63) is 23.8 Å². The molecule has 0 saturated heterocycles. The zero-order valence-corrected chi connectivity index (χ0v) is 10.3. The largest absolute Gasteiger partial charge is 0.507 e. The third-order valence-corrected chi connectivity index (χ3v) is 3.13. The minimum absolute atomic E-state index is 0.108. The van der Waals surface area contributed by atoms with Crippen LogP contribution in [0.5, 0.6) is 11.5 Å². The highest BCUT2D eigenvalue weighted by Crippen LogP contribution is 2.27. The number of rotatable bonds is 3. The Balaban J connectivity index is 2.12. The second-order valence-corrected chi connectivity index (χ2v) is 4.55. The predicted molar refractivity (Wildman–Crippen MR) is 66.0 cm³/mol. The number of phenolic OH excluding ortho intramolecular Hbond substituents is 1. The van der Waals surface area contributed by atoms with Crippen LogP contribution in [0, 0.1) is 0 Å². The third kappa shape index (κ3) is 2.70. The van der Waals surface area contributed by atoms with Crippen LogP contribution < -0.4 is 4.74 Å². The van der Waals surface area contributed by atoms with E-state index < -0.39 is 6.10 Å². The van der Waals surface area contributed by atoms with Gasteiger partial charge in [0.25, 0.3) is 0 Å². The van der Waals surface area contributed by atoms with Crippen LogP contribution in [-0.4, -0.2) is 22.8 Å². The molecule has 1 unspecified atom stereocenters. The summed E-state index contributed by atoms with van der Waals surface area (Å²) in [6.07, 6.45) is 2.76. The summed E-state index contributed by atoms with van der Waals surface area (Å²) < 4.78 is 5.56. The van der Waals surface area contributed by atoms with Gasteiger partial charge in [-0.3, -0.25) is 9.59 Å². The van der Waals surface area contributed by atoms with Gasteiger partial charge in [0.2, 0.25) is 0 Å². The van der Waals surface area contributed by atoms with Crippen LogP contribution in [-0.2, 0) is 4.79 Å². The zero-order chi connectivity index (χ0) is 13.1. The van der Waals surface area contributed by atoms with E-state index in [1.807, 2.05) is 0 Å². The van der Waals surface area contributed by atoms with Gasteiger partial charge in [0, 0.05) is 12.5 Å². The fourth-order valence-electron chi connectivity index (χ4n) is 2.12. The molecule has 1 aliphatic carbocycles. The van der Waals surface area contributed by atoms with Gasteiger partial charge in [-0.1, -0.05) is 0 Å². The Morgan fingerprint density at radius 1 is 1.39 bits per heavy atom. The molecule has 1 aromatic carbocycles. The Bertz CT molecular complexity index is 479. The Kier molecular flexibility index (Phi) is 3.65. The summed E-state index contributed by atoms with van der Waals surface area (Å²) in [6, 6.07) is 4.51. The molecule has 4 heteroatoms. The van der Waals surface area contributed by atoms with Gasteiger partial charge in [-0.2, -0.15) is 0 Å². The normalized spacial score (nSPS) is 19.6. The molecule has 0 aliphatic heterocycles. The van der Waals surface area contributed by atoms with E-state index in [2.05, 4.69) is 0 Å². The number of carbonyl (C=O) groups excluding carboxylic acids is 2. The maximum atomic E-state index is 11.6. The molecule has 0 spiro atoms. The molecule has 1 saturated carbocycles. The Morgan fingerprint density at radius 3 is 2.78 bits per heavy atom. The summed E-state index contributed by atoms with van der Waals surface area (Å²) in [6.45, 7) is 1.39. The first-order valence-corrected chi connectivity index (χ1v) is 6.11. The lowest BCUT2D eigenvalue weighted by Gasteiger charge is -2.22. The van der Waals surface area contributed by atoms with Crippen molar-refractivity contribution in [3.8, 4) is 11.5 Å². The first-order chi connectivity index (χ1) is 8.58.